The SMILES string of the molecule is COCCCN(CC(=O)N1CCc2sccc2C1COc1ccc(Cl)c(C)c1)C(=O)c1cccc(F)c1. The van der Waals surface area contributed by atoms with E-state index < -0.39 is 5.82 Å². The number of rotatable bonds is 10. The molecule has 0 saturated carbocycles. The topological polar surface area (TPSA) is 59.1 Å². The Kier molecular flexibility index (Phi) is 9.18. The molecule has 0 spiro atoms. The Bertz CT molecular complexity index is 1250. The van der Waals surface area contributed by atoms with Gasteiger partial charge >= 0.3 is 0 Å². The van der Waals surface area contributed by atoms with Crippen LogP contribution >= 0.6 is 22.9 Å². The van der Waals surface area contributed by atoms with Gasteiger partial charge in [-0.15, -0.1) is 11.3 Å². The van der Waals surface area contributed by atoms with Gasteiger partial charge in [0.05, 0.1) is 6.04 Å². The van der Waals surface area contributed by atoms with Crippen molar-refractivity contribution in [2.45, 2.75) is 25.8 Å². The third-order valence-electron chi connectivity index (χ3n) is 6.41. The first kappa shape index (κ1) is 27.1. The minimum absolute atomic E-state index is 0.116. The number of benzene rings is 2. The van der Waals surface area contributed by atoms with E-state index in [2.05, 4.69) is 0 Å². The first-order valence-corrected chi connectivity index (χ1v) is 13.4. The molecule has 0 radical (unpaired) electrons. The van der Waals surface area contributed by atoms with E-state index in [-0.39, 0.29) is 36.6 Å². The maximum Gasteiger partial charge on any atom is 0.254 e. The number of amides is 2. The molecule has 1 unspecified atom stereocenters. The van der Waals surface area contributed by atoms with E-state index >= 15 is 0 Å². The van der Waals surface area contributed by atoms with Crippen LogP contribution in [0.25, 0.3) is 0 Å². The molecule has 1 atom stereocenters. The number of hydrogen-bond acceptors (Lipinski definition) is 5. The van der Waals surface area contributed by atoms with Crippen LogP contribution in [-0.2, 0) is 16.0 Å². The van der Waals surface area contributed by atoms with Gasteiger partial charge in [-0.2, -0.15) is 0 Å². The number of halogens is 2. The normalized spacial score (nSPS) is 14.8. The van der Waals surface area contributed by atoms with Crippen molar-refractivity contribution >= 4 is 34.8 Å². The van der Waals surface area contributed by atoms with E-state index in [1.807, 2.05) is 30.5 Å². The zero-order chi connectivity index (χ0) is 26.4. The third-order valence-corrected chi connectivity index (χ3v) is 7.83. The summed E-state index contributed by atoms with van der Waals surface area (Å²) in [4.78, 5) is 31.4. The van der Waals surface area contributed by atoms with Crippen LogP contribution in [0.5, 0.6) is 5.75 Å². The quantitative estimate of drug-likeness (QED) is 0.315. The molecule has 0 bridgehead atoms. The lowest BCUT2D eigenvalue weighted by atomic mass is 10.00. The molecule has 4 rings (SSSR count). The zero-order valence-corrected chi connectivity index (χ0v) is 22.5. The second kappa shape index (κ2) is 12.5. The largest absolute Gasteiger partial charge is 0.491 e. The Labute approximate surface area is 225 Å². The Balaban J connectivity index is 1.53. The molecule has 2 heterocycles. The Morgan fingerprint density at radius 1 is 1.22 bits per heavy atom. The van der Waals surface area contributed by atoms with Crippen LogP contribution in [0.4, 0.5) is 4.39 Å². The number of hydrogen-bond donors (Lipinski definition) is 0. The first-order valence-electron chi connectivity index (χ1n) is 12.2. The number of carbonyl (C=O) groups is 2. The fourth-order valence-electron chi connectivity index (χ4n) is 4.47. The summed E-state index contributed by atoms with van der Waals surface area (Å²) in [7, 11) is 1.59. The smallest absolute Gasteiger partial charge is 0.254 e. The number of carbonyl (C=O) groups excluding carboxylic acids is 2. The van der Waals surface area contributed by atoms with Crippen LogP contribution in [0.3, 0.4) is 0 Å². The van der Waals surface area contributed by atoms with Gasteiger partial charge in [0, 0.05) is 42.3 Å². The lowest BCUT2D eigenvalue weighted by Crippen LogP contribution is -2.48. The monoisotopic (exact) mass is 544 g/mol. The van der Waals surface area contributed by atoms with Crippen molar-refractivity contribution < 1.29 is 23.5 Å². The van der Waals surface area contributed by atoms with Crippen LogP contribution in [-0.4, -0.2) is 61.6 Å². The highest BCUT2D eigenvalue weighted by atomic mass is 35.5. The maximum absolute atomic E-state index is 13.8. The van der Waals surface area contributed by atoms with Gasteiger partial charge in [0.2, 0.25) is 5.91 Å². The summed E-state index contributed by atoms with van der Waals surface area (Å²) in [6, 6.07) is 12.8. The summed E-state index contributed by atoms with van der Waals surface area (Å²) in [6.45, 7) is 3.36. The number of ether oxygens (including phenoxy) is 2. The molecule has 2 aromatic carbocycles. The molecule has 3 aromatic rings. The molecule has 196 valence electrons. The predicted octanol–water partition coefficient (Wildman–Crippen LogP) is 5.53. The lowest BCUT2D eigenvalue weighted by molar-refractivity contribution is -0.135. The second-order valence-corrected chi connectivity index (χ2v) is 10.4. The molecular formula is C28H30ClFN2O4S. The van der Waals surface area contributed by atoms with Gasteiger partial charge in [-0.25, -0.2) is 4.39 Å². The van der Waals surface area contributed by atoms with Crippen LogP contribution in [0.1, 0.15) is 38.8 Å². The average Bonchev–Trinajstić information content (AvgIpc) is 3.37. The molecule has 9 heteroatoms. The fourth-order valence-corrected chi connectivity index (χ4v) is 5.51. The highest BCUT2D eigenvalue weighted by Crippen LogP contribution is 2.34. The lowest BCUT2D eigenvalue weighted by Gasteiger charge is -2.37. The fraction of sp³-hybridized carbons (Fsp3) is 0.357. The molecule has 0 fully saturated rings. The average molecular weight is 545 g/mol. The summed E-state index contributed by atoms with van der Waals surface area (Å²) in [5.41, 5.74) is 2.19. The van der Waals surface area contributed by atoms with Crippen molar-refractivity contribution in [1.82, 2.24) is 9.80 Å². The summed E-state index contributed by atoms with van der Waals surface area (Å²) in [6.07, 6.45) is 1.30. The number of methoxy groups -OCH3 is 1. The summed E-state index contributed by atoms with van der Waals surface area (Å²) >= 11 is 7.83. The Morgan fingerprint density at radius 3 is 2.81 bits per heavy atom. The summed E-state index contributed by atoms with van der Waals surface area (Å²) in [5.74, 6) is -0.384. The van der Waals surface area contributed by atoms with E-state index in [4.69, 9.17) is 21.1 Å². The zero-order valence-electron chi connectivity index (χ0n) is 20.9. The number of fused-ring (bicyclic) bond motifs is 1. The highest BCUT2D eigenvalue weighted by molar-refractivity contribution is 7.10. The maximum atomic E-state index is 13.8. The molecule has 0 N–H and O–H groups in total. The number of thiophene rings is 1. The van der Waals surface area contributed by atoms with Gasteiger partial charge in [0.1, 0.15) is 24.7 Å². The van der Waals surface area contributed by atoms with Crippen molar-refractivity contribution in [2.75, 3.05) is 40.0 Å². The minimum atomic E-state index is -0.496. The van der Waals surface area contributed by atoms with Crippen molar-refractivity contribution in [3.63, 3.8) is 0 Å². The van der Waals surface area contributed by atoms with Gasteiger partial charge in [-0.1, -0.05) is 17.7 Å². The van der Waals surface area contributed by atoms with E-state index in [1.54, 1.807) is 35.5 Å². The van der Waals surface area contributed by atoms with E-state index in [9.17, 15) is 14.0 Å². The second-order valence-electron chi connectivity index (χ2n) is 8.96. The van der Waals surface area contributed by atoms with Gasteiger partial charge in [0.15, 0.2) is 0 Å². The van der Waals surface area contributed by atoms with Crippen LogP contribution in [0.2, 0.25) is 5.02 Å². The number of nitrogens with zero attached hydrogens (tertiary/aromatic N) is 2. The Morgan fingerprint density at radius 2 is 2.05 bits per heavy atom. The summed E-state index contributed by atoms with van der Waals surface area (Å²) < 4.78 is 25.1. The van der Waals surface area contributed by atoms with Crippen molar-refractivity contribution in [3.8, 4) is 5.75 Å². The van der Waals surface area contributed by atoms with Crippen LogP contribution < -0.4 is 4.74 Å². The molecule has 2 amide bonds. The summed E-state index contributed by atoms with van der Waals surface area (Å²) in [5, 5.41) is 2.70. The van der Waals surface area contributed by atoms with Crippen molar-refractivity contribution in [3.05, 3.63) is 86.3 Å². The predicted molar refractivity (Wildman–Crippen MR) is 143 cm³/mol. The van der Waals surface area contributed by atoms with Gasteiger partial charge < -0.3 is 19.3 Å². The minimum Gasteiger partial charge on any atom is -0.491 e. The molecule has 37 heavy (non-hydrogen) atoms. The molecule has 1 aliphatic rings. The van der Waals surface area contributed by atoms with E-state index in [0.29, 0.717) is 36.9 Å². The van der Waals surface area contributed by atoms with Crippen LogP contribution in [0.15, 0.2) is 53.9 Å². The van der Waals surface area contributed by atoms with Gasteiger partial charge in [-0.3, -0.25) is 9.59 Å². The third kappa shape index (κ3) is 6.69. The van der Waals surface area contributed by atoms with Crippen molar-refractivity contribution in [2.24, 2.45) is 0 Å². The van der Waals surface area contributed by atoms with Crippen LogP contribution in [0, 0.1) is 12.7 Å². The molecule has 1 aromatic heterocycles. The Hall–Kier alpha value is -2.94. The molecule has 6 nitrogen and oxygen atoms in total. The molecular weight excluding hydrogens is 515 g/mol. The van der Waals surface area contributed by atoms with Gasteiger partial charge in [-0.05, 0) is 78.7 Å². The molecule has 0 saturated heterocycles. The standard InChI is InChI=1S/C28H30ClFN2O4S/c1-19-15-22(7-8-24(19)29)36-18-25-23-10-14-37-26(23)9-12-32(25)27(33)17-31(11-4-13-35-2)28(34)20-5-3-6-21(30)16-20/h3,5-8,10,14-16,25H,4,9,11-13,17-18H2,1-2H3. The highest BCUT2D eigenvalue weighted by Gasteiger charge is 2.33. The van der Waals surface area contributed by atoms with E-state index in [0.717, 1.165) is 17.5 Å². The van der Waals surface area contributed by atoms with Crippen molar-refractivity contribution in [1.29, 1.82) is 0 Å². The number of aryl methyl sites for hydroxylation is 1. The van der Waals surface area contributed by atoms with E-state index in [1.165, 1.54) is 28.0 Å². The van der Waals surface area contributed by atoms with Gasteiger partial charge in [0.25, 0.3) is 5.91 Å². The first-order chi connectivity index (χ1) is 17.9. The molecule has 0 aliphatic carbocycles. The molecule has 1 aliphatic heterocycles.